The molecule has 2 aliphatic carbocycles. The summed E-state index contributed by atoms with van der Waals surface area (Å²) in [5.74, 6) is 2.18. The Morgan fingerprint density at radius 3 is 2.45 bits per heavy atom. The SMILES string of the molecule is CNCCCN(C)CCCN(C)C1CCCCCC2CC2C1. The normalized spacial score (nSPS) is 29.0. The molecule has 22 heavy (non-hydrogen) atoms. The van der Waals surface area contributed by atoms with Gasteiger partial charge >= 0.3 is 0 Å². The first-order valence-corrected chi connectivity index (χ1v) is 9.74. The van der Waals surface area contributed by atoms with Gasteiger partial charge < -0.3 is 15.1 Å². The standard InChI is InChI=1S/C19H39N3/c1-20-11-7-12-21(2)13-8-14-22(3)19-10-6-4-5-9-17-15-18(17)16-19/h17-20H,4-16H2,1-3H3. The van der Waals surface area contributed by atoms with Gasteiger partial charge in [-0.25, -0.2) is 0 Å². The molecule has 0 aliphatic heterocycles. The number of nitrogens with zero attached hydrogens (tertiary/aromatic N) is 2. The molecule has 3 heteroatoms. The number of hydrogen-bond donors (Lipinski definition) is 1. The van der Waals surface area contributed by atoms with E-state index in [1.54, 1.807) is 6.42 Å². The summed E-state index contributed by atoms with van der Waals surface area (Å²) in [6.07, 6.45) is 13.0. The lowest BCUT2D eigenvalue weighted by molar-refractivity contribution is 0.194. The Bertz CT molecular complexity index is 294. The van der Waals surface area contributed by atoms with Gasteiger partial charge in [0.15, 0.2) is 0 Å². The molecule has 0 heterocycles. The van der Waals surface area contributed by atoms with Crippen LogP contribution in [0.25, 0.3) is 0 Å². The fourth-order valence-electron chi connectivity index (χ4n) is 4.19. The summed E-state index contributed by atoms with van der Waals surface area (Å²) < 4.78 is 0. The van der Waals surface area contributed by atoms with E-state index in [-0.39, 0.29) is 0 Å². The van der Waals surface area contributed by atoms with Gasteiger partial charge in [0.1, 0.15) is 0 Å². The zero-order chi connectivity index (χ0) is 15.8. The van der Waals surface area contributed by atoms with Crippen molar-refractivity contribution in [1.29, 1.82) is 0 Å². The Morgan fingerprint density at radius 1 is 0.864 bits per heavy atom. The van der Waals surface area contributed by atoms with E-state index in [4.69, 9.17) is 0 Å². The summed E-state index contributed by atoms with van der Waals surface area (Å²) in [6.45, 7) is 4.87. The Labute approximate surface area is 138 Å². The Morgan fingerprint density at radius 2 is 1.64 bits per heavy atom. The van der Waals surface area contributed by atoms with Crippen molar-refractivity contribution in [3.63, 3.8) is 0 Å². The lowest BCUT2D eigenvalue weighted by atomic mass is 10.0. The summed E-state index contributed by atoms with van der Waals surface area (Å²) in [6, 6.07) is 0.864. The van der Waals surface area contributed by atoms with Crippen molar-refractivity contribution < 1.29 is 0 Å². The van der Waals surface area contributed by atoms with Crippen LogP contribution < -0.4 is 5.32 Å². The minimum Gasteiger partial charge on any atom is -0.320 e. The highest BCUT2D eigenvalue weighted by Crippen LogP contribution is 2.47. The van der Waals surface area contributed by atoms with Crippen molar-refractivity contribution in [3.8, 4) is 0 Å². The van der Waals surface area contributed by atoms with Crippen LogP contribution in [0.1, 0.15) is 57.8 Å². The lowest BCUT2D eigenvalue weighted by Gasteiger charge is -2.29. The van der Waals surface area contributed by atoms with E-state index in [0.29, 0.717) is 0 Å². The third-order valence-corrected chi connectivity index (χ3v) is 5.90. The van der Waals surface area contributed by atoms with E-state index >= 15 is 0 Å². The van der Waals surface area contributed by atoms with Gasteiger partial charge in [-0.2, -0.15) is 0 Å². The summed E-state index contributed by atoms with van der Waals surface area (Å²) in [5, 5.41) is 3.23. The number of rotatable bonds is 9. The van der Waals surface area contributed by atoms with Crippen LogP contribution in [-0.4, -0.2) is 63.2 Å². The van der Waals surface area contributed by atoms with Crippen molar-refractivity contribution in [1.82, 2.24) is 15.1 Å². The molecule has 0 saturated heterocycles. The monoisotopic (exact) mass is 309 g/mol. The van der Waals surface area contributed by atoms with Crippen LogP contribution >= 0.6 is 0 Å². The van der Waals surface area contributed by atoms with Gasteiger partial charge in [0.2, 0.25) is 0 Å². The maximum atomic E-state index is 3.23. The molecule has 3 unspecified atom stereocenters. The molecule has 2 saturated carbocycles. The molecular weight excluding hydrogens is 270 g/mol. The number of nitrogens with one attached hydrogen (secondary N) is 1. The average molecular weight is 310 g/mol. The van der Waals surface area contributed by atoms with Crippen LogP contribution in [0.2, 0.25) is 0 Å². The topological polar surface area (TPSA) is 18.5 Å². The fourth-order valence-corrected chi connectivity index (χ4v) is 4.19. The van der Waals surface area contributed by atoms with Crippen molar-refractivity contribution >= 4 is 0 Å². The molecule has 3 nitrogen and oxygen atoms in total. The van der Waals surface area contributed by atoms with E-state index in [1.165, 1.54) is 71.0 Å². The maximum Gasteiger partial charge on any atom is 0.00949 e. The summed E-state index contributed by atoms with van der Waals surface area (Å²) in [5.41, 5.74) is 0. The highest BCUT2D eigenvalue weighted by Gasteiger charge is 2.38. The van der Waals surface area contributed by atoms with E-state index in [0.717, 1.165) is 24.4 Å². The smallest absolute Gasteiger partial charge is 0.00949 e. The molecule has 0 bridgehead atoms. The summed E-state index contributed by atoms with van der Waals surface area (Å²) in [7, 11) is 6.68. The fraction of sp³-hybridized carbons (Fsp3) is 1.00. The van der Waals surface area contributed by atoms with Crippen LogP contribution in [-0.2, 0) is 0 Å². The summed E-state index contributed by atoms with van der Waals surface area (Å²) >= 11 is 0. The van der Waals surface area contributed by atoms with E-state index in [1.807, 2.05) is 7.05 Å². The minimum atomic E-state index is 0.864. The van der Waals surface area contributed by atoms with Crippen LogP contribution in [0.3, 0.4) is 0 Å². The third kappa shape index (κ3) is 6.55. The Kier molecular flexibility index (Phi) is 8.19. The van der Waals surface area contributed by atoms with Gasteiger partial charge in [0, 0.05) is 6.04 Å². The van der Waals surface area contributed by atoms with Crippen LogP contribution in [0.5, 0.6) is 0 Å². The van der Waals surface area contributed by atoms with Crippen molar-refractivity contribution in [3.05, 3.63) is 0 Å². The molecule has 3 atom stereocenters. The maximum absolute atomic E-state index is 3.23. The van der Waals surface area contributed by atoms with Gasteiger partial charge in [-0.15, -0.1) is 0 Å². The van der Waals surface area contributed by atoms with Gasteiger partial charge in [-0.3, -0.25) is 0 Å². The molecule has 1 N–H and O–H groups in total. The van der Waals surface area contributed by atoms with Crippen LogP contribution in [0.4, 0.5) is 0 Å². The molecule has 2 aliphatic rings. The first-order valence-electron chi connectivity index (χ1n) is 9.74. The first kappa shape index (κ1) is 18.2. The second kappa shape index (κ2) is 9.89. The lowest BCUT2D eigenvalue weighted by Crippen LogP contribution is -2.35. The van der Waals surface area contributed by atoms with Gasteiger partial charge in [-0.05, 0) is 91.3 Å². The van der Waals surface area contributed by atoms with E-state index in [2.05, 4.69) is 29.2 Å². The van der Waals surface area contributed by atoms with E-state index < -0.39 is 0 Å². The van der Waals surface area contributed by atoms with Gasteiger partial charge in [0.25, 0.3) is 0 Å². The summed E-state index contributed by atoms with van der Waals surface area (Å²) in [4.78, 5) is 5.17. The molecule has 0 aromatic carbocycles. The third-order valence-electron chi connectivity index (χ3n) is 5.90. The second-order valence-corrected chi connectivity index (χ2v) is 7.88. The Hall–Kier alpha value is -0.120. The molecule has 0 aromatic rings. The Balaban J connectivity index is 1.61. The van der Waals surface area contributed by atoms with Crippen molar-refractivity contribution in [2.45, 2.75) is 63.8 Å². The molecule has 0 aromatic heterocycles. The highest BCUT2D eigenvalue weighted by atomic mass is 15.1. The predicted octanol–water partition coefficient (Wildman–Crippen LogP) is 3.21. The molecule has 0 amide bonds. The predicted molar refractivity (Wildman–Crippen MR) is 96.4 cm³/mol. The molecule has 2 rings (SSSR count). The highest BCUT2D eigenvalue weighted by molar-refractivity contribution is 4.90. The quantitative estimate of drug-likeness (QED) is 0.660. The van der Waals surface area contributed by atoms with Crippen LogP contribution in [0.15, 0.2) is 0 Å². The van der Waals surface area contributed by atoms with Crippen molar-refractivity contribution in [2.75, 3.05) is 47.3 Å². The minimum absolute atomic E-state index is 0.864. The largest absolute Gasteiger partial charge is 0.320 e. The van der Waals surface area contributed by atoms with Crippen molar-refractivity contribution in [2.24, 2.45) is 11.8 Å². The van der Waals surface area contributed by atoms with Gasteiger partial charge in [-0.1, -0.05) is 25.7 Å². The molecule has 2 fully saturated rings. The second-order valence-electron chi connectivity index (χ2n) is 7.88. The first-order chi connectivity index (χ1) is 10.7. The molecule has 130 valence electrons. The average Bonchev–Trinajstić information content (AvgIpc) is 3.22. The number of fused-ring (bicyclic) bond motifs is 1. The van der Waals surface area contributed by atoms with Gasteiger partial charge in [0.05, 0.1) is 0 Å². The van der Waals surface area contributed by atoms with E-state index in [9.17, 15) is 0 Å². The van der Waals surface area contributed by atoms with Crippen LogP contribution in [0, 0.1) is 11.8 Å². The zero-order valence-electron chi connectivity index (χ0n) is 15.3. The number of hydrogen-bond acceptors (Lipinski definition) is 3. The molecule has 0 radical (unpaired) electrons. The zero-order valence-corrected chi connectivity index (χ0v) is 15.3. The molecular formula is C19H39N3. The molecule has 0 spiro atoms.